The zero-order valence-corrected chi connectivity index (χ0v) is 8.92. The number of hydrogen-bond acceptors (Lipinski definition) is 3. The van der Waals surface area contributed by atoms with Gasteiger partial charge < -0.3 is 4.42 Å². The lowest BCUT2D eigenvalue weighted by molar-refractivity contribution is 0.586. The van der Waals surface area contributed by atoms with Gasteiger partial charge in [-0.15, -0.1) is 0 Å². The van der Waals surface area contributed by atoms with Crippen molar-refractivity contribution >= 4 is 11.1 Å². The summed E-state index contributed by atoms with van der Waals surface area (Å²) in [5, 5.41) is 0. The Labute approximate surface area is 98.1 Å². The molecule has 0 saturated heterocycles. The number of nitrogens with zero attached hydrogens (tertiary/aromatic N) is 2. The summed E-state index contributed by atoms with van der Waals surface area (Å²) in [5.74, 6) is 6.18. The summed E-state index contributed by atoms with van der Waals surface area (Å²) in [6.45, 7) is 0. The highest BCUT2D eigenvalue weighted by Gasteiger charge is 2.00. The SMILES string of the molecule is C(#Cc1nc2ccccc2o1)c1ccccn1. The molecule has 0 saturated carbocycles. The zero-order valence-electron chi connectivity index (χ0n) is 8.92. The molecule has 0 amide bonds. The van der Waals surface area contributed by atoms with Gasteiger partial charge in [0.2, 0.25) is 0 Å². The number of para-hydroxylation sites is 2. The third-order valence-electron chi connectivity index (χ3n) is 2.26. The van der Waals surface area contributed by atoms with Gasteiger partial charge in [0.25, 0.3) is 5.89 Å². The molecule has 80 valence electrons. The van der Waals surface area contributed by atoms with Crippen LogP contribution in [-0.4, -0.2) is 9.97 Å². The monoisotopic (exact) mass is 220 g/mol. The number of benzene rings is 1. The molecule has 2 aromatic heterocycles. The van der Waals surface area contributed by atoms with Crippen LogP contribution in [0.4, 0.5) is 0 Å². The van der Waals surface area contributed by atoms with Gasteiger partial charge in [0.1, 0.15) is 11.2 Å². The molecule has 0 aliphatic carbocycles. The molecule has 0 atom stereocenters. The molecule has 0 bridgehead atoms. The average molecular weight is 220 g/mol. The first kappa shape index (κ1) is 9.61. The first-order valence-electron chi connectivity index (χ1n) is 5.20. The maximum absolute atomic E-state index is 5.48. The molecular formula is C14H8N2O. The van der Waals surface area contributed by atoms with E-state index in [1.54, 1.807) is 6.20 Å². The Balaban J connectivity index is 1.98. The lowest BCUT2D eigenvalue weighted by Gasteiger charge is -1.84. The number of rotatable bonds is 0. The summed E-state index contributed by atoms with van der Waals surface area (Å²) in [7, 11) is 0. The summed E-state index contributed by atoms with van der Waals surface area (Å²) in [6.07, 6.45) is 1.70. The van der Waals surface area contributed by atoms with Gasteiger partial charge in [0.05, 0.1) is 0 Å². The second-order valence-electron chi connectivity index (χ2n) is 3.45. The van der Waals surface area contributed by atoms with Crippen LogP contribution in [0.3, 0.4) is 0 Å². The van der Waals surface area contributed by atoms with E-state index >= 15 is 0 Å². The van der Waals surface area contributed by atoms with Gasteiger partial charge in [-0.05, 0) is 36.1 Å². The van der Waals surface area contributed by atoms with Crippen molar-refractivity contribution in [1.82, 2.24) is 9.97 Å². The Hall–Kier alpha value is -2.60. The minimum Gasteiger partial charge on any atom is -0.430 e. The van der Waals surface area contributed by atoms with Crippen LogP contribution in [0.2, 0.25) is 0 Å². The minimum atomic E-state index is 0.414. The standard InChI is InChI=1S/C14H8N2O/c1-2-7-13-12(6-1)16-14(17-13)9-8-11-5-3-4-10-15-11/h1-7,10H. The maximum atomic E-state index is 5.48. The Bertz CT molecular complexity index is 672. The van der Waals surface area contributed by atoms with Crippen molar-refractivity contribution in [2.45, 2.75) is 0 Å². The fourth-order valence-corrected chi connectivity index (χ4v) is 1.48. The summed E-state index contributed by atoms with van der Waals surface area (Å²) in [4.78, 5) is 8.36. The number of oxazole rings is 1. The van der Waals surface area contributed by atoms with E-state index in [0.29, 0.717) is 11.6 Å². The molecule has 3 heteroatoms. The van der Waals surface area contributed by atoms with Gasteiger partial charge in [0.15, 0.2) is 5.58 Å². The molecule has 17 heavy (non-hydrogen) atoms. The van der Waals surface area contributed by atoms with Crippen LogP contribution in [0.25, 0.3) is 11.1 Å². The minimum absolute atomic E-state index is 0.414. The van der Waals surface area contributed by atoms with Crippen LogP contribution in [0.5, 0.6) is 0 Å². The second kappa shape index (κ2) is 4.11. The van der Waals surface area contributed by atoms with Crippen molar-refractivity contribution in [2.24, 2.45) is 0 Å². The Kier molecular flexibility index (Phi) is 2.32. The molecule has 0 fully saturated rings. The summed E-state index contributed by atoms with van der Waals surface area (Å²) in [5.41, 5.74) is 2.27. The van der Waals surface area contributed by atoms with E-state index in [1.807, 2.05) is 42.5 Å². The van der Waals surface area contributed by atoms with E-state index in [-0.39, 0.29) is 0 Å². The number of hydrogen-bond donors (Lipinski definition) is 0. The van der Waals surface area contributed by atoms with Crippen LogP contribution in [0.15, 0.2) is 53.1 Å². The maximum Gasteiger partial charge on any atom is 0.274 e. The highest BCUT2D eigenvalue weighted by atomic mass is 16.3. The summed E-state index contributed by atoms with van der Waals surface area (Å²) in [6, 6.07) is 13.2. The molecule has 1 aromatic carbocycles. The van der Waals surface area contributed by atoms with E-state index in [1.165, 1.54) is 0 Å². The third kappa shape index (κ3) is 2.01. The number of aromatic nitrogens is 2. The first-order chi connectivity index (χ1) is 8.42. The predicted molar refractivity (Wildman–Crippen MR) is 64.2 cm³/mol. The van der Waals surface area contributed by atoms with Gasteiger partial charge in [-0.25, -0.2) is 9.97 Å². The van der Waals surface area contributed by atoms with Crippen LogP contribution >= 0.6 is 0 Å². The Morgan fingerprint density at radius 1 is 0.941 bits per heavy atom. The molecule has 3 aromatic rings. The molecule has 0 aliphatic heterocycles. The van der Waals surface area contributed by atoms with Crippen molar-refractivity contribution in [3.05, 3.63) is 60.2 Å². The lowest BCUT2D eigenvalue weighted by Crippen LogP contribution is -1.79. The van der Waals surface area contributed by atoms with Gasteiger partial charge in [-0.3, -0.25) is 0 Å². The van der Waals surface area contributed by atoms with Crippen LogP contribution in [0, 0.1) is 11.8 Å². The van der Waals surface area contributed by atoms with Crippen molar-refractivity contribution in [2.75, 3.05) is 0 Å². The lowest BCUT2D eigenvalue weighted by atomic mass is 10.3. The fraction of sp³-hybridized carbons (Fsp3) is 0. The molecular weight excluding hydrogens is 212 g/mol. The molecule has 3 nitrogen and oxygen atoms in total. The average Bonchev–Trinajstić information content (AvgIpc) is 2.80. The molecule has 0 aliphatic rings. The van der Waals surface area contributed by atoms with Crippen molar-refractivity contribution < 1.29 is 4.42 Å². The normalized spacial score (nSPS) is 9.88. The zero-order chi connectivity index (χ0) is 11.5. The highest BCUT2D eigenvalue weighted by molar-refractivity contribution is 5.72. The summed E-state index contributed by atoms with van der Waals surface area (Å²) < 4.78 is 5.48. The fourth-order valence-electron chi connectivity index (χ4n) is 1.48. The third-order valence-corrected chi connectivity index (χ3v) is 2.26. The van der Waals surface area contributed by atoms with E-state index in [0.717, 1.165) is 11.1 Å². The van der Waals surface area contributed by atoms with Gasteiger partial charge in [0, 0.05) is 6.20 Å². The van der Waals surface area contributed by atoms with Crippen molar-refractivity contribution in [1.29, 1.82) is 0 Å². The largest absolute Gasteiger partial charge is 0.430 e. The Morgan fingerprint density at radius 2 is 1.82 bits per heavy atom. The van der Waals surface area contributed by atoms with Crippen LogP contribution in [-0.2, 0) is 0 Å². The Morgan fingerprint density at radius 3 is 2.65 bits per heavy atom. The van der Waals surface area contributed by atoms with Crippen molar-refractivity contribution in [3.8, 4) is 11.8 Å². The quantitative estimate of drug-likeness (QED) is 0.547. The topological polar surface area (TPSA) is 38.9 Å². The van der Waals surface area contributed by atoms with Gasteiger partial charge in [-0.2, -0.15) is 0 Å². The number of pyridine rings is 1. The molecule has 0 radical (unpaired) electrons. The first-order valence-corrected chi connectivity index (χ1v) is 5.20. The number of fused-ring (bicyclic) bond motifs is 1. The van der Waals surface area contributed by atoms with Crippen molar-refractivity contribution in [3.63, 3.8) is 0 Å². The molecule has 0 N–H and O–H groups in total. The van der Waals surface area contributed by atoms with E-state index in [2.05, 4.69) is 21.8 Å². The van der Waals surface area contributed by atoms with Gasteiger partial charge >= 0.3 is 0 Å². The second-order valence-corrected chi connectivity index (χ2v) is 3.45. The summed E-state index contributed by atoms with van der Waals surface area (Å²) >= 11 is 0. The highest BCUT2D eigenvalue weighted by Crippen LogP contribution is 2.13. The van der Waals surface area contributed by atoms with E-state index in [4.69, 9.17) is 4.42 Å². The molecule has 0 spiro atoms. The van der Waals surface area contributed by atoms with E-state index in [9.17, 15) is 0 Å². The van der Waals surface area contributed by atoms with Crippen LogP contribution < -0.4 is 0 Å². The smallest absolute Gasteiger partial charge is 0.274 e. The van der Waals surface area contributed by atoms with E-state index < -0.39 is 0 Å². The molecule has 2 heterocycles. The molecule has 3 rings (SSSR count). The van der Waals surface area contributed by atoms with Crippen LogP contribution in [0.1, 0.15) is 11.6 Å². The van der Waals surface area contributed by atoms with Gasteiger partial charge in [-0.1, -0.05) is 18.2 Å². The molecule has 0 unspecified atom stereocenters. The predicted octanol–water partition coefficient (Wildman–Crippen LogP) is 2.62.